The van der Waals surface area contributed by atoms with Gasteiger partial charge in [0.05, 0.1) is 42.3 Å². The third kappa shape index (κ3) is 25.5. The van der Waals surface area contributed by atoms with Gasteiger partial charge < -0.3 is 28.8 Å². The second-order valence-electron chi connectivity index (χ2n) is 12.3. The van der Waals surface area contributed by atoms with Gasteiger partial charge in [-0.3, -0.25) is 0 Å². The fourth-order valence-electron chi connectivity index (χ4n) is 4.33. The van der Waals surface area contributed by atoms with Crippen LogP contribution in [0.1, 0.15) is 107 Å². The molecule has 0 heterocycles. The van der Waals surface area contributed by atoms with Crippen molar-refractivity contribution < 1.29 is 28.8 Å². The van der Waals surface area contributed by atoms with E-state index in [1.807, 2.05) is 0 Å². The van der Waals surface area contributed by atoms with Gasteiger partial charge in [-0.05, 0) is 44.7 Å². The second-order valence-corrected chi connectivity index (χ2v) is 12.3. The van der Waals surface area contributed by atoms with Gasteiger partial charge >= 0.3 is 0 Å². The maximum absolute atomic E-state index is 8.89. The van der Waals surface area contributed by atoms with Crippen LogP contribution in [0.15, 0.2) is 12.1 Å². The van der Waals surface area contributed by atoms with Crippen LogP contribution in [0.3, 0.4) is 0 Å². The van der Waals surface area contributed by atoms with E-state index in [0.717, 1.165) is 35.9 Å². The molecule has 0 unspecified atom stereocenters. The van der Waals surface area contributed by atoms with E-state index in [2.05, 4.69) is 68.3 Å². The summed E-state index contributed by atoms with van der Waals surface area (Å²) in [5.74, 6) is -2.17. The standard InChI is InChI=1S/C27H52N2.2C2H4O2/c1-9-10-11-12-13-14-15-16-17-18-19-26-24(2)20-21-25(22-28(3,4)5)27(26)23-29(6,7)8;2*1-2(3)4/h20-21H,9-19,22-23H2,1-8H3;2*1H3,(H,3,4)/q+2;;/p-2. The highest BCUT2D eigenvalue weighted by Gasteiger charge is 2.21. The molecule has 0 spiro atoms. The van der Waals surface area contributed by atoms with E-state index in [0.29, 0.717) is 0 Å². The number of benzene rings is 1. The lowest BCUT2D eigenvalue weighted by molar-refractivity contribution is -0.887. The fraction of sp³-hybridized carbons (Fsp3) is 0.742. The Balaban J connectivity index is 0. The summed E-state index contributed by atoms with van der Waals surface area (Å²) in [4.78, 5) is 17.8. The van der Waals surface area contributed by atoms with Crippen molar-refractivity contribution in [3.05, 3.63) is 34.4 Å². The van der Waals surface area contributed by atoms with Crippen molar-refractivity contribution in [3.8, 4) is 0 Å². The largest absolute Gasteiger partial charge is 0.550 e. The highest BCUT2D eigenvalue weighted by molar-refractivity contribution is 5.60. The number of hydrogen-bond donors (Lipinski definition) is 0. The molecule has 1 aromatic rings. The van der Waals surface area contributed by atoms with Crippen LogP contribution in [0.25, 0.3) is 0 Å². The molecule has 0 saturated heterocycles. The van der Waals surface area contributed by atoms with E-state index in [1.54, 1.807) is 16.7 Å². The minimum Gasteiger partial charge on any atom is -0.550 e. The first-order valence-corrected chi connectivity index (χ1v) is 14.1. The van der Waals surface area contributed by atoms with E-state index in [4.69, 9.17) is 19.8 Å². The molecule has 37 heavy (non-hydrogen) atoms. The van der Waals surface area contributed by atoms with Crippen molar-refractivity contribution in [2.45, 2.75) is 111 Å². The van der Waals surface area contributed by atoms with Crippen LogP contribution in [-0.4, -0.2) is 63.2 Å². The molecular formula is C31H58N2O4. The highest BCUT2D eigenvalue weighted by Crippen LogP contribution is 2.26. The van der Waals surface area contributed by atoms with Crippen LogP contribution in [0.4, 0.5) is 0 Å². The molecule has 0 radical (unpaired) electrons. The fourth-order valence-corrected chi connectivity index (χ4v) is 4.33. The highest BCUT2D eigenvalue weighted by atomic mass is 16.4. The molecule has 216 valence electrons. The predicted molar refractivity (Wildman–Crippen MR) is 152 cm³/mol. The van der Waals surface area contributed by atoms with E-state index >= 15 is 0 Å². The number of unbranched alkanes of at least 4 members (excludes halogenated alkanes) is 9. The maximum atomic E-state index is 8.89. The lowest BCUT2D eigenvalue weighted by Gasteiger charge is -2.30. The maximum Gasteiger partial charge on any atom is 0.105 e. The molecule has 0 aliphatic carbocycles. The van der Waals surface area contributed by atoms with Gasteiger partial charge in [-0.15, -0.1) is 0 Å². The van der Waals surface area contributed by atoms with Crippen LogP contribution < -0.4 is 10.2 Å². The van der Waals surface area contributed by atoms with Crippen LogP contribution in [-0.2, 0) is 29.1 Å². The number of aryl methyl sites for hydroxylation is 1. The molecule has 0 aromatic heterocycles. The second kappa shape index (κ2) is 20.1. The molecule has 6 heteroatoms. The Labute approximate surface area is 228 Å². The number of carboxylic acid groups (broad SMARTS) is 2. The molecule has 0 fully saturated rings. The molecule has 0 saturated carbocycles. The normalized spacial score (nSPS) is 11.2. The topological polar surface area (TPSA) is 80.3 Å². The molecule has 1 rings (SSSR count). The Morgan fingerprint density at radius 1 is 0.649 bits per heavy atom. The van der Waals surface area contributed by atoms with Crippen LogP contribution in [0.2, 0.25) is 0 Å². The number of quaternary nitrogens is 2. The van der Waals surface area contributed by atoms with E-state index in [-0.39, 0.29) is 0 Å². The van der Waals surface area contributed by atoms with Gasteiger partial charge in [0.1, 0.15) is 13.1 Å². The van der Waals surface area contributed by atoms with E-state index in [9.17, 15) is 0 Å². The average molecular weight is 523 g/mol. The Hall–Kier alpha value is -1.92. The van der Waals surface area contributed by atoms with Crippen LogP contribution >= 0.6 is 0 Å². The van der Waals surface area contributed by atoms with E-state index in [1.165, 1.54) is 76.2 Å². The zero-order valence-electron chi connectivity index (χ0n) is 25.9. The molecule has 1 aromatic carbocycles. The van der Waals surface area contributed by atoms with Gasteiger partial charge in [0.25, 0.3) is 0 Å². The summed E-state index contributed by atoms with van der Waals surface area (Å²) < 4.78 is 1.99. The zero-order chi connectivity index (χ0) is 29.1. The predicted octanol–water partition coefficient (Wildman–Crippen LogP) is 4.38. The van der Waals surface area contributed by atoms with Crippen molar-refractivity contribution in [1.29, 1.82) is 0 Å². The number of carboxylic acids is 2. The van der Waals surface area contributed by atoms with Gasteiger partial charge in [-0.1, -0.05) is 76.8 Å². The molecule has 6 nitrogen and oxygen atoms in total. The Kier molecular flexibility index (Phi) is 20.2. The van der Waals surface area contributed by atoms with Crippen LogP contribution in [0, 0.1) is 6.92 Å². The van der Waals surface area contributed by atoms with Gasteiger partial charge in [0.15, 0.2) is 0 Å². The number of rotatable bonds is 15. The molecule has 0 N–H and O–H groups in total. The van der Waals surface area contributed by atoms with Crippen molar-refractivity contribution in [2.24, 2.45) is 0 Å². The SMILES string of the molecule is CC(=O)[O-].CC(=O)[O-].CCCCCCCCCCCCc1c(C)ccc(C[N+](C)(C)C)c1C[N+](C)(C)C. The molecule has 0 aliphatic rings. The van der Waals surface area contributed by atoms with Gasteiger partial charge in [-0.25, -0.2) is 0 Å². The summed E-state index contributed by atoms with van der Waals surface area (Å²) in [7, 11) is 13.9. The third-order valence-corrected chi connectivity index (χ3v) is 5.82. The number of aliphatic carboxylic acids is 2. The molecule has 0 aliphatic heterocycles. The molecule has 0 bridgehead atoms. The van der Waals surface area contributed by atoms with E-state index < -0.39 is 11.9 Å². The smallest absolute Gasteiger partial charge is 0.105 e. The molecule has 0 amide bonds. The summed E-state index contributed by atoms with van der Waals surface area (Å²) in [6, 6.07) is 4.77. The number of carbonyl (C=O) groups excluding carboxylic acids is 2. The Bertz CT molecular complexity index is 742. The number of nitrogens with zero attached hydrogens (tertiary/aromatic N) is 2. The van der Waals surface area contributed by atoms with Crippen molar-refractivity contribution in [1.82, 2.24) is 0 Å². The number of hydrogen-bond acceptors (Lipinski definition) is 4. The van der Waals surface area contributed by atoms with Crippen molar-refractivity contribution in [2.75, 3.05) is 42.3 Å². The zero-order valence-corrected chi connectivity index (χ0v) is 25.9. The average Bonchev–Trinajstić information content (AvgIpc) is 2.70. The first-order chi connectivity index (χ1) is 17.0. The minimum atomic E-state index is -1.08. The van der Waals surface area contributed by atoms with Gasteiger partial charge in [0, 0.05) is 23.1 Å². The number of carbonyl (C=O) groups is 2. The lowest BCUT2D eigenvalue weighted by atomic mass is 9.91. The van der Waals surface area contributed by atoms with Gasteiger partial charge in [0.2, 0.25) is 0 Å². The van der Waals surface area contributed by atoms with Crippen molar-refractivity contribution in [3.63, 3.8) is 0 Å². The summed E-state index contributed by atoms with van der Waals surface area (Å²) >= 11 is 0. The Morgan fingerprint density at radius 3 is 1.41 bits per heavy atom. The summed E-state index contributed by atoms with van der Waals surface area (Å²) in [5, 5.41) is 17.8. The summed E-state index contributed by atoms with van der Waals surface area (Å²) in [6.45, 7) is 8.80. The monoisotopic (exact) mass is 522 g/mol. The Morgan fingerprint density at radius 2 is 1.03 bits per heavy atom. The van der Waals surface area contributed by atoms with Crippen LogP contribution in [0.5, 0.6) is 0 Å². The molecule has 0 atom stereocenters. The summed E-state index contributed by atoms with van der Waals surface area (Å²) in [6.07, 6.45) is 15.4. The first kappa shape index (κ1) is 37.2. The first-order valence-electron chi connectivity index (χ1n) is 14.1. The lowest BCUT2D eigenvalue weighted by Crippen LogP contribution is -2.37. The summed E-state index contributed by atoms with van der Waals surface area (Å²) in [5.41, 5.74) is 6.32. The quantitative estimate of drug-likeness (QED) is 0.253. The minimum absolute atomic E-state index is 0.972. The molecular weight excluding hydrogens is 464 g/mol. The third-order valence-electron chi connectivity index (χ3n) is 5.82. The van der Waals surface area contributed by atoms with Gasteiger partial charge in [-0.2, -0.15) is 0 Å². The van der Waals surface area contributed by atoms with Crippen molar-refractivity contribution >= 4 is 11.9 Å².